The summed E-state index contributed by atoms with van der Waals surface area (Å²) in [5.41, 5.74) is 7.90. The van der Waals surface area contributed by atoms with Crippen LogP contribution in [0.25, 0.3) is 0 Å². The van der Waals surface area contributed by atoms with Gasteiger partial charge in [-0.2, -0.15) is 0 Å². The minimum absolute atomic E-state index is 0.0580. The third kappa shape index (κ3) is 3.26. The number of benzene rings is 1. The molecule has 0 aliphatic rings. The molecular formula is C15H18BrNOS. The van der Waals surface area contributed by atoms with Crippen LogP contribution in [0.4, 0.5) is 0 Å². The standard InChI is InChI=1S/C15H18BrNOS/c1-11-3-2-4-12(7-11)15(9-17,10-18)8-13-5-6-14(16)19-13/h2-7,18H,8-10,17H2,1H3. The van der Waals surface area contributed by atoms with Crippen LogP contribution in [-0.4, -0.2) is 18.3 Å². The Morgan fingerprint density at radius 2 is 2.11 bits per heavy atom. The molecule has 1 heterocycles. The van der Waals surface area contributed by atoms with E-state index in [0.717, 1.165) is 15.8 Å². The zero-order valence-corrected chi connectivity index (χ0v) is 13.3. The zero-order valence-electron chi connectivity index (χ0n) is 10.9. The van der Waals surface area contributed by atoms with E-state index in [1.165, 1.54) is 10.4 Å². The van der Waals surface area contributed by atoms with Gasteiger partial charge in [0.15, 0.2) is 0 Å². The molecule has 1 aromatic carbocycles. The molecule has 0 bridgehead atoms. The number of aryl methyl sites for hydroxylation is 1. The first-order valence-corrected chi connectivity index (χ1v) is 7.83. The Labute approximate surface area is 126 Å². The van der Waals surface area contributed by atoms with Gasteiger partial charge in [0, 0.05) is 16.8 Å². The molecule has 1 aromatic heterocycles. The first-order valence-electron chi connectivity index (χ1n) is 6.22. The maximum absolute atomic E-state index is 9.90. The highest BCUT2D eigenvalue weighted by Crippen LogP contribution is 2.32. The number of hydrogen-bond donors (Lipinski definition) is 2. The summed E-state index contributed by atoms with van der Waals surface area (Å²) in [6.45, 7) is 2.55. The molecule has 0 fully saturated rings. The molecule has 4 heteroatoms. The van der Waals surface area contributed by atoms with Gasteiger partial charge in [-0.25, -0.2) is 0 Å². The van der Waals surface area contributed by atoms with Gasteiger partial charge in [-0.3, -0.25) is 0 Å². The summed E-state index contributed by atoms with van der Waals surface area (Å²) in [5, 5.41) is 9.90. The summed E-state index contributed by atoms with van der Waals surface area (Å²) in [5.74, 6) is 0. The SMILES string of the molecule is Cc1cccc(C(CN)(CO)Cc2ccc(Br)s2)c1. The van der Waals surface area contributed by atoms with Gasteiger partial charge in [0.25, 0.3) is 0 Å². The fourth-order valence-electron chi connectivity index (χ4n) is 2.26. The molecule has 2 aromatic rings. The van der Waals surface area contributed by atoms with Crippen molar-refractivity contribution in [1.29, 1.82) is 0 Å². The monoisotopic (exact) mass is 339 g/mol. The maximum Gasteiger partial charge on any atom is 0.0701 e. The number of aliphatic hydroxyl groups is 1. The normalized spacial score (nSPS) is 14.3. The average Bonchev–Trinajstić information content (AvgIpc) is 2.81. The number of nitrogens with two attached hydrogens (primary N) is 1. The van der Waals surface area contributed by atoms with Crippen molar-refractivity contribution < 1.29 is 5.11 Å². The van der Waals surface area contributed by atoms with Gasteiger partial charge in [-0.1, -0.05) is 29.8 Å². The van der Waals surface area contributed by atoms with Gasteiger partial charge < -0.3 is 10.8 Å². The van der Waals surface area contributed by atoms with Crippen molar-refractivity contribution in [2.75, 3.05) is 13.2 Å². The Kier molecular flexibility index (Phi) is 4.79. The van der Waals surface area contributed by atoms with E-state index in [0.29, 0.717) is 6.54 Å². The molecule has 1 atom stereocenters. The zero-order chi connectivity index (χ0) is 13.9. The summed E-state index contributed by atoms with van der Waals surface area (Å²) in [6.07, 6.45) is 0.764. The third-order valence-corrected chi connectivity index (χ3v) is 5.09. The van der Waals surface area contributed by atoms with Crippen molar-refractivity contribution in [3.05, 3.63) is 56.2 Å². The van der Waals surface area contributed by atoms with Gasteiger partial charge in [0.2, 0.25) is 0 Å². The van der Waals surface area contributed by atoms with Crippen LogP contribution < -0.4 is 5.73 Å². The molecule has 3 N–H and O–H groups in total. The molecule has 2 nitrogen and oxygen atoms in total. The molecule has 2 rings (SSSR count). The minimum Gasteiger partial charge on any atom is -0.395 e. The highest BCUT2D eigenvalue weighted by atomic mass is 79.9. The van der Waals surface area contributed by atoms with Crippen molar-refractivity contribution in [3.8, 4) is 0 Å². The van der Waals surface area contributed by atoms with E-state index in [9.17, 15) is 5.11 Å². The molecular weight excluding hydrogens is 322 g/mol. The summed E-state index contributed by atoms with van der Waals surface area (Å²) < 4.78 is 1.11. The van der Waals surface area contributed by atoms with E-state index in [1.807, 2.05) is 12.1 Å². The topological polar surface area (TPSA) is 46.2 Å². The van der Waals surface area contributed by atoms with Crippen molar-refractivity contribution >= 4 is 27.3 Å². The molecule has 0 spiro atoms. The summed E-state index contributed by atoms with van der Waals surface area (Å²) >= 11 is 5.17. The summed E-state index contributed by atoms with van der Waals surface area (Å²) in [4.78, 5) is 1.23. The van der Waals surface area contributed by atoms with Crippen molar-refractivity contribution in [1.82, 2.24) is 0 Å². The summed E-state index contributed by atoms with van der Waals surface area (Å²) in [7, 11) is 0. The van der Waals surface area contributed by atoms with Crippen LogP contribution in [0.2, 0.25) is 0 Å². The lowest BCUT2D eigenvalue weighted by Crippen LogP contribution is -2.40. The lowest BCUT2D eigenvalue weighted by Gasteiger charge is -2.31. The van der Waals surface area contributed by atoms with E-state index in [1.54, 1.807) is 11.3 Å². The van der Waals surface area contributed by atoms with E-state index >= 15 is 0 Å². The molecule has 0 aliphatic carbocycles. The van der Waals surface area contributed by atoms with Crippen LogP contribution in [-0.2, 0) is 11.8 Å². The molecule has 1 unspecified atom stereocenters. The van der Waals surface area contributed by atoms with Crippen molar-refractivity contribution in [3.63, 3.8) is 0 Å². The fraction of sp³-hybridized carbons (Fsp3) is 0.333. The molecule has 0 amide bonds. The quantitative estimate of drug-likeness (QED) is 0.878. The molecule has 0 saturated carbocycles. The lowest BCUT2D eigenvalue weighted by molar-refractivity contribution is 0.196. The summed E-state index contributed by atoms with van der Waals surface area (Å²) in [6, 6.07) is 12.4. The van der Waals surface area contributed by atoms with Gasteiger partial charge in [-0.15, -0.1) is 11.3 Å². The molecule has 0 radical (unpaired) electrons. The number of aliphatic hydroxyl groups excluding tert-OH is 1. The second-order valence-corrected chi connectivity index (χ2v) is 7.44. The second-order valence-electron chi connectivity index (χ2n) is 4.89. The van der Waals surface area contributed by atoms with Gasteiger partial charge in [0.05, 0.1) is 10.4 Å². The Bertz CT molecular complexity index is 549. The van der Waals surface area contributed by atoms with Crippen LogP contribution in [0, 0.1) is 6.92 Å². The fourth-order valence-corrected chi connectivity index (χ4v) is 3.89. The second kappa shape index (κ2) is 6.18. The van der Waals surface area contributed by atoms with Crippen molar-refractivity contribution in [2.24, 2.45) is 5.73 Å². The van der Waals surface area contributed by atoms with E-state index < -0.39 is 5.41 Å². The van der Waals surface area contributed by atoms with Crippen LogP contribution in [0.3, 0.4) is 0 Å². The van der Waals surface area contributed by atoms with Crippen molar-refractivity contribution in [2.45, 2.75) is 18.8 Å². The largest absolute Gasteiger partial charge is 0.395 e. The van der Waals surface area contributed by atoms with Crippen LogP contribution in [0.15, 0.2) is 40.2 Å². The molecule has 102 valence electrons. The Hall–Kier alpha value is -0.680. The van der Waals surface area contributed by atoms with Gasteiger partial charge >= 0.3 is 0 Å². The highest BCUT2D eigenvalue weighted by molar-refractivity contribution is 9.11. The molecule has 0 aliphatic heterocycles. The smallest absolute Gasteiger partial charge is 0.0701 e. The van der Waals surface area contributed by atoms with Crippen LogP contribution in [0.5, 0.6) is 0 Å². The minimum atomic E-state index is -0.393. The van der Waals surface area contributed by atoms with Gasteiger partial charge in [-0.05, 0) is 47.0 Å². The maximum atomic E-state index is 9.90. The first-order chi connectivity index (χ1) is 9.09. The highest BCUT2D eigenvalue weighted by Gasteiger charge is 2.31. The Morgan fingerprint density at radius 3 is 2.63 bits per heavy atom. The number of halogens is 1. The van der Waals surface area contributed by atoms with E-state index in [2.05, 4.69) is 47.1 Å². The molecule has 0 saturated heterocycles. The molecule has 19 heavy (non-hydrogen) atoms. The lowest BCUT2D eigenvalue weighted by atomic mass is 9.77. The predicted octanol–water partition coefficient (Wildman–Crippen LogP) is 3.25. The number of rotatable bonds is 5. The third-order valence-electron chi connectivity index (χ3n) is 3.47. The van der Waals surface area contributed by atoms with Gasteiger partial charge in [0.1, 0.15) is 0 Å². The Balaban J connectivity index is 2.37. The first kappa shape index (κ1) is 14.7. The van der Waals surface area contributed by atoms with Crippen LogP contribution in [0.1, 0.15) is 16.0 Å². The van der Waals surface area contributed by atoms with Crippen LogP contribution >= 0.6 is 27.3 Å². The average molecular weight is 340 g/mol. The Morgan fingerprint density at radius 1 is 1.32 bits per heavy atom. The number of hydrogen-bond acceptors (Lipinski definition) is 3. The van der Waals surface area contributed by atoms with E-state index in [-0.39, 0.29) is 6.61 Å². The predicted molar refractivity (Wildman–Crippen MR) is 84.7 cm³/mol. The number of thiophene rings is 1. The van der Waals surface area contributed by atoms with E-state index in [4.69, 9.17) is 5.73 Å².